The summed E-state index contributed by atoms with van der Waals surface area (Å²) >= 11 is 8.34. The minimum absolute atomic E-state index is 0.308. The van der Waals surface area contributed by atoms with Crippen molar-refractivity contribution < 1.29 is 4.39 Å². The molecular formula is C12H10BrFN2S. The van der Waals surface area contributed by atoms with Gasteiger partial charge in [-0.3, -0.25) is 0 Å². The fraction of sp³-hybridized carbons (Fsp3) is 0.167. The summed E-state index contributed by atoms with van der Waals surface area (Å²) in [5, 5.41) is 0. The van der Waals surface area contributed by atoms with Crippen molar-refractivity contribution in [1.29, 1.82) is 0 Å². The van der Waals surface area contributed by atoms with Crippen LogP contribution in [0.3, 0.4) is 0 Å². The monoisotopic (exact) mass is 312 g/mol. The van der Waals surface area contributed by atoms with E-state index >= 15 is 0 Å². The Balaban J connectivity index is 2.59. The molecule has 0 spiro atoms. The fourth-order valence-electron chi connectivity index (χ4n) is 1.53. The molecule has 0 atom stereocenters. The second kappa shape index (κ2) is 5.06. The summed E-state index contributed by atoms with van der Waals surface area (Å²) in [5.74, 6) is 0.284. The number of H-pyrrole nitrogens is 1. The molecule has 0 aliphatic heterocycles. The van der Waals surface area contributed by atoms with Gasteiger partial charge in [-0.1, -0.05) is 35.1 Å². The lowest BCUT2D eigenvalue weighted by Gasteiger charge is -2.05. The fourth-order valence-corrected chi connectivity index (χ4v) is 2.22. The summed E-state index contributed by atoms with van der Waals surface area (Å²) < 4.78 is 14.5. The number of aromatic amines is 1. The first kappa shape index (κ1) is 12.4. The van der Waals surface area contributed by atoms with Gasteiger partial charge in [-0.15, -0.1) is 0 Å². The maximum atomic E-state index is 13.3. The molecular weight excluding hydrogens is 303 g/mol. The van der Waals surface area contributed by atoms with Crippen molar-refractivity contribution in [3.05, 3.63) is 44.9 Å². The Labute approximate surface area is 112 Å². The van der Waals surface area contributed by atoms with E-state index < -0.39 is 0 Å². The lowest BCUT2D eigenvalue weighted by atomic mass is 10.2. The normalized spacial score (nSPS) is 10.5. The minimum Gasteiger partial charge on any atom is -0.343 e. The lowest BCUT2D eigenvalue weighted by Crippen LogP contribution is -1.95. The third kappa shape index (κ3) is 2.98. The van der Waals surface area contributed by atoms with Gasteiger partial charge in [-0.05, 0) is 30.7 Å². The van der Waals surface area contributed by atoms with Crippen LogP contribution < -0.4 is 0 Å². The molecule has 2 rings (SSSR count). The SMILES string of the molecule is CCc1cc(=S)nc(-c2cc(F)cc(Br)c2)[nH]1. The summed E-state index contributed by atoms with van der Waals surface area (Å²) in [6.07, 6.45) is 0.829. The van der Waals surface area contributed by atoms with Gasteiger partial charge < -0.3 is 4.98 Å². The third-order valence-corrected chi connectivity index (χ3v) is 2.98. The third-order valence-electron chi connectivity index (χ3n) is 2.32. The summed E-state index contributed by atoms with van der Waals surface area (Å²) in [7, 11) is 0. The zero-order valence-electron chi connectivity index (χ0n) is 9.13. The van der Waals surface area contributed by atoms with E-state index in [-0.39, 0.29) is 5.82 Å². The minimum atomic E-state index is -0.308. The zero-order valence-corrected chi connectivity index (χ0v) is 11.5. The highest BCUT2D eigenvalue weighted by Gasteiger charge is 2.05. The van der Waals surface area contributed by atoms with Crippen LogP contribution in [0.15, 0.2) is 28.7 Å². The Hall–Kier alpha value is -1.07. The first-order valence-electron chi connectivity index (χ1n) is 5.15. The van der Waals surface area contributed by atoms with Crippen LogP contribution in [0.5, 0.6) is 0 Å². The van der Waals surface area contributed by atoms with Crippen molar-refractivity contribution in [2.45, 2.75) is 13.3 Å². The topological polar surface area (TPSA) is 28.7 Å². The van der Waals surface area contributed by atoms with Crippen LogP contribution in [-0.2, 0) is 6.42 Å². The first-order valence-corrected chi connectivity index (χ1v) is 6.35. The van der Waals surface area contributed by atoms with Gasteiger partial charge in [0.2, 0.25) is 0 Å². The number of nitrogens with one attached hydrogen (secondary N) is 1. The summed E-state index contributed by atoms with van der Waals surface area (Å²) in [6, 6.07) is 6.45. The van der Waals surface area contributed by atoms with Crippen molar-refractivity contribution in [3.8, 4) is 11.4 Å². The van der Waals surface area contributed by atoms with Crippen molar-refractivity contribution >= 4 is 28.1 Å². The molecule has 0 saturated heterocycles. The Kier molecular flexibility index (Phi) is 3.69. The van der Waals surface area contributed by atoms with Gasteiger partial charge in [0.05, 0.1) is 0 Å². The molecule has 0 aliphatic carbocycles. The van der Waals surface area contributed by atoms with Crippen molar-refractivity contribution in [2.75, 3.05) is 0 Å². The van der Waals surface area contributed by atoms with Gasteiger partial charge in [0, 0.05) is 15.7 Å². The standard InChI is InChI=1S/C12H10BrFN2S/c1-2-10-6-11(17)16-12(15-10)7-3-8(13)5-9(14)4-7/h3-6H,2H2,1H3,(H,15,16,17). The highest BCUT2D eigenvalue weighted by molar-refractivity contribution is 9.10. The Morgan fingerprint density at radius 3 is 2.76 bits per heavy atom. The molecule has 0 saturated carbocycles. The van der Waals surface area contributed by atoms with Gasteiger partial charge in [-0.25, -0.2) is 9.37 Å². The molecule has 0 unspecified atom stereocenters. The summed E-state index contributed by atoms with van der Waals surface area (Å²) in [6.45, 7) is 2.02. The molecule has 0 fully saturated rings. The molecule has 2 aromatic rings. The van der Waals surface area contributed by atoms with E-state index in [2.05, 4.69) is 25.9 Å². The molecule has 1 aromatic heterocycles. The second-order valence-corrected chi connectivity index (χ2v) is 4.94. The number of benzene rings is 1. The van der Waals surface area contributed by atoms with E-state index in [1.165, 1.54) is 12.1 Å². The van der Waals surface area contributed by atoms with E-state index in [0.29, 0.717) is 20.5 Å². The van der Waals surface area contributed by atoms with Crippen LogP contribution in [0.2, 0.25) is 0 Å². The largest absolute Gasteiger partial charge is 0.343 e. The molecule has 0 aliphatic rings. The maximum Gasteiger partial charge on any atom is 0.139 e. The number of hydrogen-bond acceptors (Lipinski definition) is 2. The highest BCUT2D eigenvalue weighted by Crippen LogP contribution is 2.22. The van der Waals surface area contributed by atoms with E-state index in [9.17, 15) is 4.39 Å². The molecule has 5 heteroatoms. The molecule has 0 amide bonds. The van der Waals surface area contributed by atoms with Crippen LogP contribution in [-0.4, -0.2) is 9.97 Å². The Bertz CT molecular complexity index is 589. The van der Waals surface area contributed by atoms with Crippen LogP contribution >= 0.6 is 28.1 Å². The smallest absolute Gasteiger partial charge is 0.139 e. The average Bonchev–Trinajstić information content (AvgIpc) is 2.26. The Morgan fingerprint density at radius 2 is 2.12 bits per heavy atom. The predicted octanol–water partition coefficient (Wildman–Crippen LogP) is 4.27. The predicted molar refractivity (Wildman–Crippen MR) is 71.9 cm³/mol. The number of rotatable bonds is 2. The second-order valence-electron chi connectivity index (χ2n) is 3.60. The van der Waals surface area contributed by atoms with Gasteiger partial charge in [-0.2, -0.15) is 0 Å². The number of nitrogens with zero attached hydrogens (tertiary/aromatic N) is 1. The van der Waals surface area contributed by atoms with E-state index in [1.54, 1.807) is 6.07 Å². The highest BCUT2D eigenvalue weighted by atomic mass is 79.9. The summed E-state index contributed by atoms with van der Waals surface area (Å²) in [4.78, 5) is 7.35. The van der Waals surface area contributed by atoms with Crippen LogP contribution in [0.4, 0.5) is 4.39 Å². The van der Waals surface area contributed by atoms with Crippen LogP contribution in [0, 0.1) is 10.5 Å². The van der Waals surface area contributed by atoms with Crippen molar-refractivity contribution in [2.24, 2.45) is 0 Å². The molecule has 1 N–H and O–H groups in total. The van der Waals surface area contributed by atoms with Gasteiger partial charge >= 0.3 is 0 Å². The maximum absolute atomic E-state index is 13.3. The molecule has 0 bridgehead atoms. The van der Waals surface area contributed by atoms with E-state index in [1.807, 2.05) is 13.0 Å². The Morgan fingerprint density at radius 1 is 1.35 bits per heavy atom. The molecule has 0 radical (unpaired) electrons. The van der Waals surface area contributed by atoms with Gasteiger partial charge in [0.1, 0.15) is 16.3 Å². The summed E-state index contributed by atoms with van der Waals surface area (Å²) in [5.41, 5.74) is 1.67. The van der Waals surface area contributed by atoms with Crippen molar-refractivity contribution in [1.82, 2.24) is 9.97 Å². The number of aromatic nitrogens is 2. The quantitative estimate of drug-likeness (QED) is 0.839. The zero-order chi connectivity index (χ0) is 12.4. The van der Waals surface area contributed by atoms with Crippen LogP contribution in [0.1, 0.15) is 12.6 Å². The molecule has 17 heavy (non-hydrogen) atoms. The number of halogens is 2. The molecule has 1 heterocycles. The molecule has 88 valence electrons. The number of hydrogen-bond donors (Lipinski definition) is 1. The molecule has 1 aromatic carbocycles. The van der Waals surface area contributed by atoms with Crippen molar-refractivity contribution in [3.63, 3.8) is 0 Å². The number of aryl methyl sites for hydroxylation is 1. The molecule has 2 nitrogen and oxygen atoms in total. The van der Waals surface area contributed by atoms with Crippen LogP contribution in [0.25, 0.3) is 11.4 Å². The lowest BCUT2D eigenvalue weighted by molar-refractivity contribution is 0.627. The van der Waals surface area contributed by atoms with E-state index in [0.717, 1.165) is 12.1 Å². The van der Waals surface area contributed by atoms with Gasteiger partial charge in [0.15, 0.2) is 0 Å². The average molecular weight is 313 g/mol. The first-order chi connectivity index (χ1) is 8.08. The van der Waals surface area contributed by atoms with E-state index in [4.69, 9.17) is 12.2 Å². The van der Waals surface area contributed by atoms with Gasteiger partial charge in [0.25, 0.3) is 0 Å².